The number of rotatable bonds is 6. The van der Waals surface area contributed by atoms with Gasteiger partial charge >= 0.3 is 11.4 Å². The zero-order valence-electron chi connectivity index (χ0n) is 27.0. The van der Waals surface area contributed by atoms with Gasteiger partial charge in [-0.25, -0.2) is 36.3 Å². The van der Waals surface area contributed by atoms with Crippen molar-refractivity contribution in [1.29, 1.82) is 0 Å². The molecule has 272 valence electrons. The first-order chi connectivity index (χ1) is 24.3. The van der Waals surface area contributed by atoms with Gasteiger partial charge in [-0.2, -0.15) is 0 Å². The molecule has 2 aromatic heterocycles. The van der Waals surface area contributed by atoms with Gasteiger partial charge in [0.1, 0.15) is 45.6 Å². The SMILES string of the molecule is C.C[C@H](N)c1ccccc1.C[C@H](Nc1cc(=O)n(-c2c(F)cccc2F)c(=O)[nH]1)c1ccccc1.O=c1cc(Cl)[nH]c(=O)n1-c1c(F)cccc1F. The van der Waals surface area contributed by atoms with Gasteiger partial charge in [0.15, 0.2) is 0 Å². The summed E-state index contributed by atoms with van der Waals surface area (Å²) in [5.41, 5.74) is 2.64. The molecule has 0 aliphatic rings. The Bertz CT molecular complexity index is 2240. The number of nitrogens with one attached hydrogen (secondary N) is 3. The first-order valence-corrected chi connectivity index (χ1v) is 15.5. The monoisotopic (exact) mass is 738 g/mol. The van der Waals surface area contributed by atoms with Crippen molar-refractivity contribution in [2.24, 2.45) is 5.73 Å². The number of nitrogens with two attached hydrogens (primary N) is 1. The second kappa shape index (κ2) is 18.3. The fourth-order valence-corrected chi connectivity index (χ4v) is 4.86. The van der Waals surface area contributed by atoms with E-state index in [1.54, 1.807) is 0 Å². The van der Waals surface area contributed by atoms with Gasteiger partial charge in [-0.3, -0.25) is 19.6 Å². The Labute approximate surface area is 299 Å². The number of nitrogens with zero attached hydrogens (tertiary/aromatic N) is 2. The van der Waals surface area contributed by atoms with Gasteiger partial charge in [-0.15, -0.1) is 0 Å². The van der Waals surface area contributed by atoms with Crippen LogP contribution in [0.1, 0.15) is 44.5 Å². The Kier molecular flexibility index (Phi) is 14.2. The van der Waals surface area contributed by atoms with E-state index < -0.39 is 57.1 Å². The summed E-state index contributed by atoms with van der Waals surface area (Å²) in [7, 11) is 0. The predicted octanol–water partition coefficient (Wildman–Crippen LogP) is 6.78. The van der Waals surface area contributed by atoms with Crippen LogP contribution in [0.2, 0.25) is 5.15 Å². The molecule has 0 bridgehead atoms. The lowest BCUT2D eigenvalue weighted by atomic mass is 10.1. The molecule has 10 nitrogen and oxygen atoms in total. The quantitative estimate of drug-likeness (QED) is 0.110. The largest absolute Gasteiger partial charge is 0.365 e. The lowest BCUT2D eigenvalue weighted by Gasteiger charge is -2.16. The van der Waals surface area contributed by atoms with E-state index in [-0.39, 0.29) is 30.5 Å². The average molecular weight is 739 g/mol. The van der Waals surface area contributed by atoms with Crippen molar-refractivity contribution in [1.82, 2.24) is 19.1 Å². The molecule has 0 spiro atoms. The predicted molar refractivity (Wildman–Crippen MR) is 194 cm³/mol. The van der Waals surface area contributed by atoms with E-state index in [0.29, 0.717) is 9.13 Å². The number of aromatic amines is 2. The minimum absolute atomic E-state index is 0. The summed E-state index contributed by atoms with van der Waals surface area (Å²) in [6, 6.07) is 27.5. The van der Waals surface area contributed by atoms with E-state index in [1.165, 1.54) is 5.56 Å². The van der Waals surface area contributed by atoms with Crippen LogP contribution in [0.3, 0.4) is 0 Å². The van der Waals surface area contributed by atoms with Gasteiger partial charge in [0.25, 0.3) is 11.1 Å². The first kappa shape index (κ1) is 40.4. The first-order valence-electron chi connectivity index (χ1n) is 15.2. The molecule has 4 aromatic carbocycles. The van der Waals surface area contributed by atoms with Crippen molar-refractivity contribution in [3.8, 4) is 11.4 Å². The fourth-order valence-electron chi connectivity index (χ4n) is 4.68. The summed E-state index contributed by atoms with van der Waals surface area (Å²) in [5, 5.41) is 2.79. The molecular formula is C37H35ClF4N6O4. The van der Waals surface area contributed by atoms with E-state index in [1.807, 2.05) is 74.5 Å². The maximum absolute atomic E-state index is 13.9. The van der Waals surface area contributed by atoms with Crippen LogP contribution >= 0.6 is 11.6 Å². The van der Waals surface area contributed by atoms with Crippen LogP contribution in [0, 0.1) is 23.3 Å². The molecule has 5 N–H and O–H groups in total. The minimum Gasteiger partial charge on any atom is -0.365 e. The maximum atomic E-state index is 13.9. The summed E-state index contributed by atoms with van der Waals surface area (Å²) in [5.74, 6) is -3.85. The number of H-pyrrole nitrogens is 2. The normalized spacial score (nSPS) is 11.5. The molecule has 0 saturated heterocycles. The zero-order valence-corrected chi connectivity index (χ0v) is 27.8. The van der Waals surface area contributed by atoms with Crippen molar-refractivity contribution < 1.29 is 17.6 Å². The van der Waals surface area contributed by atoms with Gasteiger partial charge in [0, 0.05) is 24.2 Å². The molecular weight excluding hydrogens is 704 g/mol. The van der Waals surface area contributed by atoms with Crippen LogP contribution in [0.5, 0.6) is 0 Å². The van der Waals surface area contributed by atoms with Gasteiger partial charge < -0.3 is 11.1 Å². The third-order valence-corrected chi connectivity index (χ3v) is 7.36. The number of para-hydroxylation sites is 2. The summed E-state index contributed by atoms with van der Waals surface area (Å²) in [6.07, 6.45) is 0. The molecule has 6 aromatic rings. The van der Waals surface area contributed by atoms with Crippen LogP contribution < -0.4 is 33.5 Å². The molecule has 0 aliphatic carbocycles. The van der Waals surface area contributed by atoms with E-state index >= 15 is 0 Å². The van der Waals surface area contributed by atoms with E-state index in [0.717, 1.165) is 54.1 Å². The second-order valence-corrected chi connectivity index (χ2v) is 11.3. The molecule has 0 unspecified atom stereocenters. The molecule has 0 fully saturated rings. The topological polar surface area (TPSA) is 148 Å². The molecule has 0 saturated carbocycles. The Balaban J connectivity index is 0.000000233. The number of anilines is 1. The number of hydrogen-bond donors (Lipinski definition) is 4. The summed E-state index contributed by atoms with van der Waals surface area (Å²) < 4.78 is 55.3. The molecule has 0 amide bonds. The van der Waals surface area contributed by atoms with Crippen LogP contribution in [0.25, 0.3) is 11.4 Å². The third kappa shape index (κ3) is 10.0. The summed E-state index contributed by atoms with van der Waals surface area (Å²) >= 11 is 5.43. The van der Waals surface area contributed by atoms with E-state index in [9.17, 15) is 36.7 Å². The van der Waals surface area contributed by atoms with Crippen LogP contribution in [0.15, 0.2) is 128 Å². The van der Waals surface area contributed by atoms with Crippen LogP contribution in [-0.2, 0) is 0 Å². The molecule has 15 heteroatoms. The van der Waals surface area contributed by atoms with Gasteiger partial charge in [-0.05, 0) is 49.2 Å². The average Bonchev–Trinajstić information content (AvgIpc) is 3.08. The van der Waals surface area contributed by atoms with Gasteiger partial charge in [0.2, 0.25) is 0 Å². The van der Waals surface area contributed by atoms with Crippen molar-refractivity contribution in [2.45, 2.75) is 33.4 Å². The number of halogens is 5. The number of aromatic nitrogens is 4. The van der Waals surface area contributed by atoms with Crippen molar-refractivity contribution in [3.63, 3.8) is 0 Å². The Hall–Kier alpha value is -5.99. The smallest absolute Gasteiger partial charge is 0.334 e. The van der Waals surface area contributed by atoms with Crippen LogP contribution in [0.4, 0.5) is 23.4 Å². The second-order valence-electron chi connectivity index (χ2n) is 10.9. The standard InChI is InChI=1S/C18H15F2N3O2.C10H5ClF2N2O2.C8H11N.CH4/c1-11(12-6-3-2-4-7-12)21-15-10-16(24)23(18(25)22-15)17-13(19)8-5-9-14(17)20;11-7-4-8(16)15(10(17)14-7)9-5(12)2-1-3-6(9)13;1-7(9)8-5-3-2-4-6-8;/h2-11,21H,1H3,(H,22,25);1-4H,(H,14,17);2-7H,9H2,1H3;1H4/t11-;;7-;/m0.0./s1. The number of benzene rings is 4. The molecule has 6 rings (SSSR count). The van der Waals surface area contributed by atoms with E-state index in [4.69, 9.17) is 17.3 Å². The van der Waals surface area contributed by atoms with Gasteiger partial charge in [0.05, 0.1) is 0 Å². The zero-order chi connectivity index (χ0) is 37.2. The molecule has 0 radical (unpaired) electrons. The third-order valence-electron chi connectivity index (χ3n) is 7.15. The molecule has 2 heterocycles. The Morgan fingerprint density at radius 1 is 0.615 bits per heavy atom. The fraction of sp³-hybridized carbons (Fsp3) is 0.135. The van der Waals surface area contributed by atoms with Crippen molar-refractivity contribution in [3.05, 3.63) is 190 Å². The highest BCUT2D eigenvalue weighted by atomic mass is 35.5. The summed E-state index contributed by atoms with van der Waals surface area (Å²) in [4.78, 5) is 51.9. The Morgan fingerprint density at radius 2 is 1.02 bits per heavy atom. The minimum atomic E-state index is -1.01. The van der Waals surface area contributed by atoms with Gasteiger partial charge in [-0.1, -0.05) is 91.8 Å². The van der Waals surface area contributed by atoms with Crippen molar-refractivity contribution >= 4 is 17.4 Å². The lowest BCUT2D eigenvalue weighted by molar-refractivity contribution is 0.561. The maximum Gasteiger partial charge on any atom is 0.334 e. The highest BCUT2D eigenvalue weighted by molar-refractivity contribution is 6.29. The lowest BCUT2D eigenvalue weighted by Crippen LogP contribution is -2.35. The molecule has 0 aliphatic heterocycles. The Morgan fingerprint density at radius 3 is 1.40 bits per heavy atom. The van der Waals surface area contributed by atoms with Crippen molar-refractivity contribution in [2.75, 3.05) is 5.32 Å². The van der Waals surface area contributed by atoms with E-state index in [2.05, 4.69) is 15.3 Å². The number of hydrogen-bond acceptors (Lipinski definition) is 6. The highest BCUT2D eigenvalue weighted by Gasteiger charge is 2.17. The highest BCUT2D eigenvalue weighted by Crippen LogP contribution is 2.18. The van der Waals surface area contributed by atoms with Crippen LogP contribution in [-0.4, -0.2) is 19.1 Å². The summed E-state index contributed by atoms with van der Waals surface area (Å²) in [6.45, 7) is 3.84. The molecule has 52 heavy (non-hydrogen) atoms. The molecule has 2 atom stereocenters.